The second kappa shape index (κ2) is 4.22. The maximum Gasteiger partial charge on any atom is 0.239 e. The summed E-state index contributed by atoms with van der Waals surface area (Å²) in [6, 6.07) is 7.64. The molecule has 0 saturated heterocycles. The van der Waals surface area contributed by atoms with Gasteiger partial charge in [0, 0.05) is 5.56 Å². The summed E-state index contributed by atoms with van der Waals surface area (Å²) in [5.41, 5.74) is 6.35. The minimum atomic E-state index is 0.148. The molecule has 1 aromatic carbocycles. The lowest BCUT2D eigenvalue weighted by Crippen LogP contribution is -2.05. The van der Waals surface area contributed by atoms with E-state index >= 15 is 0 Å². The summed E-state index contributed by atoms with van der Waals surface area (Å²) >= 11 is 0. The second-order valence-electron chi connectivity index (χ2n) is 3.74. The summed E-state index contributed by atoms with van der Waals surface area (Å²) in [4.78, 5) is 4.06. The van der Waals surface area contributed by atoms with E-state index in [2.05, 4.69) is 15.2 Å². The van der Waals surface area contributed by atoms with Crippen LogP contribution in [0.3, 0.4) is 0 Å². The first-order valence-corrected chi connectivity index (χ1v) is 5.10. The third-order valence-corrected chi connectivity index (χ3v) is 1.98. The average molecular weight is 218 g/mol. The van der Waals surface area contributed by atoms with Gasteiger partial charge in [-0.25, -0.2) is 0 Å². The van der Waals surface area contributed by atoms with Gasteiger partial charge in [-0.05, 0) is 26.0 Å². The van der Waals surface area contributed by atoms with E-state index in [0.29, 0.717) is 5.82 Å². The number of H-pyrrole nitrogens is 1. The number of nitrogens with one attached hydrogen (secondary N) is 1. The minimum absolute atomic E-state index is 0.148. The zero-order chi connectivity index (χ0) is 11.5. The number of aromatic nitrogens is 3. The quantitative estimate of drug-likeness (QED) is 0.824. The Bertz CT molecular complexity index is 478. The van der Waals surface area contributed by atoms with Gasteiger partial charge in [-0.3, -0.25) is 5.10 Å². The van der Waals surface area contributed by atoms with E-state index in [-0.39, 0.29) is 12.1 Å². The van der Waals surface area contributed by atoms with Crippen LogP contribution in [-0.2, 0) is 0 Å². The first-order chi connectivity index (χ1) is 7.65. The lowest BCUT2D eigenvalue weighted by molar-refractivity contribution is 0.242. The molecule has 0 spiro atoms. The van der Waals surface area contributed by atoms with Gasteiger partial charge >= 0.3 is 0 Å². The van der Waals surface area contributed by atoms with E-state index in [0.717, 1.165) is 11.3 Å². The SMILES string of the molecule is CC(C)Oc1cccc(-c2nc(N)n[nH]2)c1. The van der Waals surface area contributed by atoms with Crippen molar-refractivity contribution >= 4 is 5.95 Å². The highest BCUT2D eigenvalue weighted by Gasteiger charge is 2.05. The lowest BCUT2D eigenvalue weighted by atomic mass is 10.2. The van der Waals surface area contributed by atoms with Gasteiger partial charge in [0.1, 0.15) is 5.75 Å². The van der Waals surface area contributed by atoms with Crippen LogP contribution in [-0.4, -0.2) is 21.3 Å². The highest BCUT2D eigenvalue weighted by Crippen LogP contribution is 2.21. The molecule has 2 rings (SSSR count). The van der Waals surface area contributed by atoms with Crippen molar-refractivity contribution in [3.8, 4) is 17.1 Å². The van der Waals surface area contributed by atoms with Gasteiger partial charge < -0.3 is 10.5 Å². The molecule has 1 aromatic heterocycles. The standard InChI is InChI=1S/C11H14N4O/c1-7(2)16-9-5-3-4-8(6-9)10-13-11(12)15-14-10/h3-7H,1-2H3,(H3,12,13,14,15). The van der Waals surface area contributed by atoms with Crippen molar-refractivity contribution < 1.29 is 4.74 Å². The molecule has 5 heteroatoms. The maximum atomic E-state index is 5.59. The van der Waals surface area contributed by atoms with Crippen molar-refractivity contribution in [2.24, 2.45) is 0 Å². The van der Waals surface area contributed by atoms with Crippen LogP contribution in [0.5, 0.6) is 5.75 Å². The van der Waals surface area contributed by atoms with Gasteiger partial charge in [0.25, 0.3) is 0 Å². The zero-order valence-corrected chi connectivity index (χ0v) is 9.27. The number of nitrogens with zero attached hydrogens (tertiary/aromatic N) is 2. The first-order valence-electron chi connectivity index (χ1n) is 5.10. The summed E-state index contributed by atoms with van der Waals surface area (Å²) in [5, 5.41) is 6.55. The van der Waals surface area contributed by atoms with E-state index in [1.54, 1.807) is 0 Å². The number of benzene rings is 1. The molecule has 2 aromatic rings. The third kappa shape index (κ3) is 2.31. The predicted octanol–water partition coefficient (Wildman–Crippen LogP) is 1.84. The van der Waals surface area contributed by atoms with Crippen molar-refractivity contribution in [1.82, 2.24) is 15.2 Å². The molecule has 0 aliphatic carbocycles. The van der Waals surface area contributed by atoms with Crippen molar-refractivity contribution in [3.63, 3.8) is 0 Å². The largest absolute Gasteiger partial charge is 0.491 e. The van der Waals surface area contributed by atoms with E-state index in [1.165, 1.54) is 0 Å². The van der Waals surface area contributed by atoms with Gasteiger partial charge in [-0.2, -0.15) is 4.98 Å². The van der Waals surface area contributed by atoms with Crippen LogP contribution in [0.15, 0.2) is 24.3 Å². The first kappa shape index (κ1) is 10.5. The predicted molar refractivity (Wildman–Crippen MR) is 62.0 cm³/mol. The molecular formula is C11H14N4O. The normalized spacial score (nSPS) is 10.7. The van der Waals surface area contributed by atoms with Crippen molar-refractivity contribution in [2.75, 3.05) is 5.73 Å². The van der Waals surface area contributed by atoms with Crippen LogP contribution in [0.2, 0.25) is 0 Å². The Balaban J connectivity index is 2.28. The molecule has 5 nitrogen and oxygen atoms in total. The highest BCUT2D eigenvalue weighted by atomic mass is 16.5. The molecule has 0 fully saturated rings. The van der Waals surface area contributed by atoms with Gasteiger partial charge in [-0.1, -0.05) is 12.1 Å². The summed E-state index contributed by atoms with van der Waals surface area (Å²) in [6.07, 6.45) is 0.148. The molecule has 1 heterocycles. The Morgan fingerprint density at radius 1 is 1.38 bits per heavy atom. The van der Waals surface area contributed by atoms with Crippen LogP contribution in [0.4, 0.5) is 5.95 Å². The molecule has 0 saturated carbocycles. The van der Waals surface area contributed by atoms with Gasteiger partial charge in [0.2, 0.25) is 5.95 Å². The molecule has 84 valence electrons. The summed E-state index contributed by atoms with van der Waals surface area (Å²) < 4.78 is 5.59. The molecule has 0 bridgehead atoms. The molecule has 0 radical (unpaired) electrons. The summed E-state index contributed by atoms with van der Waals surface area (Å²) in [6.45, 7) is 3.97. The van der Waals surface area contributed by atoms with Crippen LogP contribution >= 0.6 is 0 Å². The minimum Gasteiger partial charge on any atom is -0.491 e. The van der Waals surface area contributed by atoms with E-state index < -0.39 is 0 Å². The molecule has 0 aliphatic rings. The number of anilines is 1. The summed E-state index contributed by atoms with van der Waals surface area (Å²) in [7, 11) is 0. The Morgan fingerprint density at radius 3 is 2.81 bits per heavy atom. The smallest absolute Gasteiger partial charge is 0.239 e. The van der Waals surface area contributed by atoms with Crippen LogP contribution in [0.1, 0.15) is 13.8 Å². The molecule has 0 unspecified atom stereocenters. The van der Waals surface area contributed by atoms with Crippen LogP contribution in [0.25, 0.3) is 11.4 Å². The number of hydrogen-bond donors (Lipinski definition) is 2. The van der Waals surface area contributed by atoms with Gasteiger partial charge in [-0.15, -0.1) is 5.10 Å². The fraction of sp³-hybridized carbons (Fsp3) is 0.273. The topological polar surface area (TPSA) is 76.8 Å². The number of nitrogen functional groups attached to an aromatic ring is 1. The van der Waals surface area contributed by atoms with Crippen LogP contribution < -0.4 is 10.5 Å². The fourth-order valence-corrected chi connectivity index (χ4v) is 1.39. The zero-order valence-electron chi connectivity index (χ0n) is 9.27. The number of ether oxygens (including phenoxy) is 1. The average Bonchev–Trinajstić information content (AvgIpc) is 2.64. The number of nitrogens with two attached hydrogens (primary N) is 1. The van der Waals surface area contributed by atoms with Crippen molar-refractivity contribution in [3.05, 3.63) is 24.3 Å². The van der Waals surface area contributed by atoms with E-state index in [9.17, 15) is 0 Å². The number of rotatable bonds is 3. The lowest BCUT2D eigenvalue weighted by Gasteiger charge is -2.09. The molecule has 0 amide bonds. The third-order valence-electron chi connectivity index (χ3n) is 1.98. The van der Waals surface area contributed by atoms with Gasteiger partial charge in [0.15, 0.2) is 5.82 Å². The van der Waals surface area contributed by atoms with Gasteiger partial charge in [0.05, 0.1) is 6.10 Å². The number of aromatic amines is 1. The maximum absolute atomic E-state index is 5.59. The van der Waals surface area contributed by atoms with Crippen molar-refractivity contribution in [2.45, 2.75) is 20.0 Å². The Hall–Kier alpha value is -2.04. The Kier molecular flexibility index (Phi) is 2.76. The number of hydrogen-bond acceptors (Lipinski definition) is 4. The van der Waals surface area contributed by atoms with Crippen molar-refractivity contribution in [1.29, 1.82) is 0 Å². The van der Waals surface area contributed by atoms with E-state index in [1.807, 2.05) is 38.1 Å². The van der Waals surface area contributed by atoms with Crippen LogP contribution in [0, 0.1) is 0 Å². The fourth-order valence-electron chi connectivity index (χ4n) is 1.39. The summed E-state index contributed by atoms with van der Waals surface area (Å²) in [5.74, 6) is 1.69. The molecule has 16 heavy (non-hydrogen) atoms. The Morgan fingerprint density at radius 2 is 2.19 bits per heavy atom. The highest BCUT2D eigenvalue weighted by molar-refractivity contribution is 5.58. The molecule has 3 N–H and O–H groups in total. The second-order valence-corrected chi connectivity index (χ2v) is 3.74. The Labute approximate surface area is 93.7 Å². The molecule has 0 aliphatic heterocycles. The molecule has 0 atom stereocenters. The molecular weight excluding hydrogens is 204 g/mol. The monoisotopic (exact) mass is 218 g/mol. The van der Waals surface area contributed by atoms with E-state index in [4.69, 9.17) is 10.5 Å².